The minimum absolute atomic E-state index is 0.0171. The molecule has 0 aromatic carbocycles. The summed E-state index contributed by atoms with van der Waals surface area (Å²) in [6, 6.07) is 4.09. The minimum Gasteiger partial charge on any atom is -0.376 e. The second-order valence-electron chi connectivity index (χ2n) is 5.77. The second-order valence-corrected chi connectivity index (χ2v) is 5.77. The molecular weight excluding hydrogens is 252 g/mol. The monoisotopic (exact) mass is 278 g/mol. The molecule has 2 rings (SSSR count). The number of nitrogens with one attached hydrogen (secondary N) is 1. The van der Waals surface area contributed by atoms with Gasteiger partial charge in [0.05, 0.1) is 11.6 Å². The summed E-state index contributed by atoms with van der Waals surface area (Å²) in [5.41, 5.74) is 3.82. The maximum Gasteiger partial charge on any atom is 0.127 e. The van der Waals surface area contributed by atoms with E-state index in [9.17, 15) is 0 Å². The number of aromatic nitrogens is 1. The molecule has 0 saturated heterocycles. The van der Waals surface area contributed by atoms with Crippen LogP contribution in [0.5, 0.6) is 0 Å². The normalized spacial score (nSPS) is 19.6. The molecule has 1 fully saturated rings. The van der Waals surface area contributed by atoms with Crippen molar-refractivity contribution in [2.24, 2.45) is 5.84 Å². The Hall–Kier alpha value is -1.17. The van der Waals surface area contributed by atoms with Crippen molar-refractivity contribution in [2.45, 2.75) is 43.7 Å². The third-order valence-corrected chi connectivity index (χ3v) is 4.36. The Morgan fingerprint density at radius 1 is 1.30 bits per heavy atom. The summed E-state index contributed by atoms with van der Waals surface area (Å²) < 4.78 is 5.88. The van der Waals surface area contributed by atoms with Crippen molar-refractivity contribution >= 4 is 5.82 Å². The van der Waals surface area contributed by atoms with Gasteiger partial charge in [-0.25, -0.2) is 4.98 Å². The fourth-order valence-electron chi connectivity index (χ4n) is 3.15. The van der Waals surface area contributed by atoms with E-state index in [1.165, 1.54) is 19.3 Å². The molecule has 3 N–H and O–H groups in total. The highest BCUT2D eigenvalue weighted by atomic mass is 16.5. The first-order chi connectivity index (χ1) is 9.63. The van der Waals surface area contributed by atoms with Gasteiger partial charge in [0.25, 0.3) is 0 Å². The van der Waals surface area contributed by atoms with Crippen LogP contribution in [0.4, 0.5) is 5.82 Å². The quantitative estimate of drug-likeness (QED) is 0.637. The van der Waals surface area contributed by atoms with Gasteiger partial charge >= 0.3 is 0 Å². The zero-order chi connectivity index (χ0) is 14.6. The van der Waals surface area contributed by atoms with Crippen LogP contribution in [-0.2, 0) is 4.74 Å². The summed E-state index contributed by atoms with van der Waals surface area (Å²) >= 11 is 0. The number of anilines is 1. The van der Waals surface area contributed by atoms with Crippen LogP contribution in [0.1, 0.15) is 43.7 Å². The lowest BCUT2D eigenvalue weighted by molar-refractivity contribution is -0.0689. The highest BCUT2D eigenvalue weighted by Crippen LogP contribution is 2.40. The SMILES string of the molecule is COC1(C(NN)c2ccc(N(C)C)nc2)CCCCC1. The molecule has 0 bridgehead atoms. The molecule has 0 radical (unpaired) electrons. The van der Waals surface area contributed by atoms with Gasteiger partial charge in [0.1, 0.15) is 5.82 Å². The fraction of sp³-hybridized carbons (Fsp3) is 0.667. The predicted octanol–water partition coefficient (Wildman–Crippen LogP) is 2.00. The van der Waals surface area contributed by atoms with E-state index in [1.54, 1.807) is 7.11 Å². The summed E-state index contributed by atoms with van der Waals surface area (Å²) in [4.78, 5) is 6.47. The summed E-state index contributed by atoms with van der Waals surface area (Å²) in [5, 5.41) is 0. The molecule has 1 aromatic heterocycles. The zero-order valence-corrected chi connectivity index (χ0v) is 12.7. The van der Waals surface area contributed by atoms with Crippen molar-refractivity contribution in [3.63, 3.8) is 0 Å². The van der Waals surface area contributed by atoms with Gasteiger partial charge in [0.2, 0.25) is 0 Å². The number of nitrogens with zero attached hydrogens (tertiary/aromatic N) is 2. The van der Waals surface area contributed by atoms with Crippen molar-refractivity contribution in [3.8, 4) is 0 Å². The van der Waals surface area contributed by atoms with Gasteiger partial charge in [-0.2, -0.15) is 0 Å². The molecule has 5 heteroatoms. The molecule has 1 aromatic rings. The summed E-state index contributed by atoms with van der Waals surface area (Å²) in [6.07, 6.45) is 7.63. The molecular formula is C15H26N4O. The standard InChI is InChI=1S/C15H26N4O/c1-19(2)13-8-7-12(11-17-13)14(18-16)15(20-3)9-5-4-6-10-15/h7-8,11,14,18H,4-6,9-10,16H2,1-3H3. The number of nitrogens with two attached hydrogens (primary N) is 1. The van der Waals surface area contributed by atoms with E-state index in [0.29, 0.717) is 0 Å². The van der Waals surface area contributed by atoms with Crippen LogP contribution in [0.3, 0.4) is 0 Å². The van der Waals surface area contributed by atoms with Crippen LogP contribution in [0.15, 0.2) is 18.3 Å². The van der Waals surface area contributed by atoms with E-state index in [2.05, 4.69) is 16.5 Å². The van der Waals surface area contributed by atoms with Gasteiger partial charge in [-0.05, 0) is 24.5 Å². The maximum absolute atomic E-state index is 5.88. The number of pyridine rings is 1. The second kappa shape index (κ2) is 6.52. The largest absolute Gasteiger partial charge is 0.376 e. The highest BCUT2D eigenvalue weighted by molar-refractivity contribution is 5.38. The number of hydrazine groups is 1. The predicted molar refractivity (Wildman–Crippen MR) is 81.5 cm³/mol. The van der Waals surface area contributed by atoms with E-state index < -0.39 is 0 Å². The summed E-state index contributed by atoms with van der Waals surface area (Å²) in [7, 11) is 5.76. The van der Waals surface area contributed by atoms with Gasteiger partial charge in [0, 0.05) is 27.4 Å². The Morgan fingerprint density at radius 2 is 2.00 bits per heavy atom. The van der Waals surface area contributed by atoms with Crippen molar-refractivity contribution in [2.75, 3.05) is 26.1 Å². The van der Waals surface area contributed by atoms with Crippen LogP contribution < -0.4 is 16.2 Å². The van der Waals surface area contributed by atoms with Crippen molar-refractivity contribution < 1.29 is 4.74 Å². The molecule has 1 aliphatic carbocycles. The third kappa shape index (κ3) is 2.95. The Kier molecular flexibility index (Phi) is 4.96. The average molecular weight is 278 g/mol. The van der Waals surface area contributed by atoms with Gasteiger partial charge < -0.3 is 9.64 Å². The molecule has 1 aliphatic rings. The Balaban J connectivity index is 2.26. The van der Waals surface area contributed by atoms with Crippen LogP contribution in [0.25, 0.3) is 0 Å². The van der Waals surface area contributed by atoms with Crippen LogP contribution in [0, 0.1) is 0 Å². The van der Waals surface area contributed by atoms with Crippen LogP contribution >= 0.6 is 0 Å². The lowest BCUT2D eigenvalue weighted by Gasteiger charge is -2.42. The molecule has 112 valence electrons. The van der Waals surface area contributed by atoms with E-state index in [-0.39, 0.29) is 11.6 Å². The van der Waals surface area contributed by atoms with Crippen molar-refractivity contribution in [1.82, 2.24) is 10.4 Å². The molecule has 1 unspecified atom stereocenters. The number of rotatable bonds is 5. The first-order valence-corrected chi connectivity index (χ1v) is 7.27. The first kappa shape index (κ1) is 15.2. The Morgan fingerprint density at radius 3 is 2.45 bits per heavy atom. The highest BCUT2D eigenvalue weighted by Gasteiger charge is 2.40. The van der Waals surface area contributed by atoms with E-state index in [4.69, 9.17) is 10.6 Å². The van der Waals surface area contributed by atoms with Crippen molar-refractivity contribution in [1.29, 1.82) is 0 Å². The maximum atomic E-state index is 5.88. The molecule has 1 atom stereocenters. The molecule has 0 aliphatic heterocycles. The number of ether oxygens (including phenoxy) is 1. The summed E-state index contributed by atoms with van der Waals surface area (Å²) in [5.74, 6) is 6.77. The fourth-order valence-corrected chi connectivity index (χ4v) is 3.15. The van der Waals surface area contributed by atoms with Gasteiger partial charge in [-0.3, -0.25) is 11.3 Å². The molecule has 0 spiro atoms. The topological polar surface area (TPSA) is 63.4 Å². The number of methoxy groups -OCH3 is 1. The minimum atomic E-state index is -0.214. The third-order valence-electron chi connectivity index (χ3n) is 4.36. The zero-order valence-electron chi connectivity index (χ0n) is 12.7. The van der Waals surface area contributed by atoms with Crippen LogP contribution in [-0.4, -0.2) is 31.8 Å². The number of hydrogen-bond acceptors (Lipinski definition) is 5. The molecule has 5 nitrogen and oxygen atoms in total. The molecule has 0 amide bonds. The van der Waals surface area contributed by atoms with E-state index in [0.717, 1.165) is 24.2 Å². The van der Waals surface area contributed by atoms with Crippen molar-refractivity contribution in [3.05, 3.63) is 23.9 Å². The van der Waals surface area contributed by atoms with Gasteiger partial charge in [0.15, 0.2) is 0 Å². The van der Waals surface area contributed by atoms with Gasteiger partial charge in [-0.15, -0.1) is 0 Å². The van der Waals surface area contributed by atoms with Gasteiger partial charge in [-0.1, -0.05) is 25.3 Å². The molecule has 1 saturated carbocycles. The van der Waals surface area contributed by atoms with E-state index >= 15 is 0 Å². The first-order valence-electron chi connectivity index (χ1n) is 7.27. The van der Waals surface area contributed by atoms with E-state index in [1.807, 2.05) is 31.3 Å². The molecule has 20 heavy (non-hydrogen) atoms. The average Bonchev–Trinajstić information content (AvgIpc) is 2.49. The van der Waals surface area contributed by atoms with Crippen LogP contribution in [0.2, 0.25) is 0 Å². The molecule has 1 heterocycles. The lowest BCUT2D eigenvalue weighted by Crippen LogP contribution is -2.49. The smallest absolute Gasteiger partial charge is 0.127 e. The summed E-state index contributed by atoms with van der Waals surface area (Å²) in [6.45, 7) is 0. The Labute approximate surface area is 121 Å². The number of hydrogen-bond donors (Lipinski definition) is 2. The Bertz CT molecular complexity index is 412. The lowest BCUT2D eigenvalue weighted by atomic mass is 9.77.